The SMILES string of the molecule is CCOC(=O)CNc1cc(N)nc(SC)n1. The van der Waals surface area contributed by atoms with Crippen molar-refractivity contribution < 1.29 is 9.53 Å². The minimum absolute atomic E-state index is 0.0676. The van der Waals surface area contributed by atoms with Crippen LogP contribution in [-0.2, 0) is 9.53 Å². The first kappa shape index (κ1) is 12.6. The highest BCUT2D eigenvalue weighted by Gasteiger charge is 2.04. The zero-order valence-corrected chi connectivity index (χ0v) is 10.0. The van der Waals surface area contributed by atoms with Crippen LogP contribution >= 0.6 is 11.8 Å². The third-order valence-electron chi connectivity index (χ3n) is 1.63. The van der Waals surface area contributed by atoms with Crippen LogP contribution in [0.1, 0.15) is 6.92 Å². The number of hydrogen-bond acceptors (Lipinski definition) is 7. The Hall–Kier alpha value is -1.50. The molecule has 0 radical (unpaired) electrons. The zero-order valence-electron chi connectivity index (χ0n) is 9.19. The number of nitrogens with zero attached hydrogens (tertiary/aromatic N) is 2. The molecule has 0 spiro atoms. The molecule has 0 amide bonds. The monoisotopic (exact) mass is 242 g/mol. The van der Waals surface area contributed by atoms with Crippen molar-refractivity contribution in [1.29, 1.82) is 0 Å². The molecular weight excluding hydrogens is 228 g/mol. The molecule has 0 aromatic carbocycles. The van der Waals surface area contributed by atoms with Crippen LogP contribution in [0, 0.1) is 0 Å². The summed E-state index contributed by atoms with van der Waals surface area (Å²) in [7, 11) is 0. The smallest absolute Gasteiger partial charge is 0.325 e. The Morgan fingerprint density at radius 2 is 2.38 bits per heavy atom. The van der Waals surface area contributed by atoms with Crippen molar-refractivity contribution in [3.05, 3.63) is 6.07 Å². The predicted molar refractivity (Wildman–Crippen MR) is 63.3 cm³/mol. The molecule has 0 atom stereocenters. The van der Waals surface area contributed by atoms with Crippen molar-refractivity contribution in [2.75, 3.05) is 30.5 Å². The number of thioether (sulfide) groups is 1. The van der Waals surface area contributed by atoms with E-state index in [0.717, 1.165) is 0 Å². The summed E-state index contributed by atoms with van der Waals surface area (Å²) in [5, 5.41) is 3.39. The van der Waals surface area contributed by atoms with Crippen LogP contribution in [0.15, 0.2) is 11.2 Å². The summed E-state index contributed by atoms with van der Waals surface area (Å²) in [5.74, 6) is 0.556. The highest BCUT2D eigenvalue weighted by Crippen LogP contribution is 2.14. The van der Waals surface area contributed by atoms with E-state index in [0.29, 0.717) is 23.4 Å². The van der Waals surface area contributed by atoms with Gasteiger partial charge in [-0.15, -0.1) is 0 Å². The van der Waals surface area contributed by atoms with Crippen LogP contribution in [0.3, 0.4) is 0 Å². The molecule has 0 aliphatic rings. The highest BCUT2D eigenvalue weighted by atomic mass is 32.2. The molecule has 0 fully saturated rings. The lowest BCUT2D eigenvalue weighted by atomic mass is 10.5. The standard InChI is InChI=1S/C9H14N4O2S/c1-3-15-8(14)5-11-7-4-6(10)12-9(13-7)16-2/h4H,3,5H2,1-2H3,(H3,10,11,12,13). The van der Waals surface area contributed by atoms with Crippen molar-refractivity contribution in [3.8, 4) is 0 Å². The van der Waals surface area contributed by atoms with E-state index in [1.54, 1.807) is 13.0 Å². The van der Waals surface area contributed by atoms with Crippen molar-refractivity contribution in [2.45, 2.75) is 12.1 Å². The zero-order chi connectivity index (χ0) is 12.0. The Bertz CT molecular complexity index is 373. The molecular formula is C9H14N4O2S. The Labute approximate surface area is 98.0 Å². The van der Waals surface area contributed by atoms with Gasteiger partial charge in [0, 0.05) is 6.07 Å². The van der Waals surface area contributed by atoms with E-state index in [-0.39, 0.29) is 12.5 Å². The third kappa shape index (κ3) is 3.93. The van der Waals surface area contributed by atoms with E-state index in [2.05, 4.69) is 15.3 Å². The lowest BCUT2D eigenvalue weighted by molar-refractivity contribution is -0.140. The van der Waals surface area contributed by atoms with Gasteiger partial charge in [0.2, 0.25) is 0 Å². The van der Waals surface area contributed by atoms with Gasteiger partial charge in [-0.25, -0.2) is 9.97 Å². The first-order chi connectivity index (χ1) is 7.65. The van der Waals surface area contributed by atoms with E-state index in [1.165, 1.54) is 11.8 Å². The summed E-state index contributed by atoms with van der Waals surface area (Å²) in [6.07, 6.45) is 1.85. The fourth-order valence-electron chi connectivity index (χ4n) is 1.000. The van der Waals surface area contributed by atoms with Gasteiger partial charge in [-0.1, -0.05) is 11.8 Å². The number of esters is 1. The number of aromatic nitrogens is 2. The Balaban J connectivity index is 2.59. The van der Waals surface area contributed by atoms with Crippen molar-refractivity contribution in [1.82, 2.24) is 9.97 Å². The molecule has 7 heteroatoms. The summed E-state index contributed by atoms with van der Waals surface area (Å²) in [6.45, 7) is 2.19. The van der Waals surface area contributed by atoms with Gasteiger partial charge in [-0.2, -0.15) is 0 Å². The summed E-state index contributed by atoms with van der Waals surface area (Å²) in [5.41, 5.74) is 5.58. The number of nitrogens with one attached hydrogen (secondary N) is 1. The first-order valence-electron chi connectivity index (χ1n) is 4.73. The Morgan fingerprint density at radius 1 is 1.62 bits per heavy atom. The molecule has 0 unspecified atom stereocenters. The fourth-order valence-corrected chi connectivity index (χ4v) is 1.39. The minimum atomic E-state index is -0.328. The molecule has 1 heterocycles. The number of rotatable bonds is 5. The maximum absolute atomic E-state index is 11.1. The summed E-state index contributed by atoms with van der Waals surface area (Å²) >= 11 is 1.38. The fraction of sp³-hybridized carbons (Fsp3) is 0.444. The van der Waals surface area contributed by atoms with E-state index in [1.807, 2.05) is 6.26 Å². The maximum atomic E-state index is 11.1. The molecule has 0 saturated heterocycles. The van der Waals surface area contributed by atoms with E-state index >= 15 is 0 Å². The first-order valence-corrected chi connectivity index (χ1v) is 5.96. The number of carbonyl (C=O) groups excluding carboxylic acids is 1. The molecule has 1 aromatic heterocycles. The summed E-state index contributed by atoms with van der Waals surface area (Å²) < 4.78 is 4.77. The molecule has 16 heavy (non-hydrogen) atoms. The summed E-state index contributed by atoms with van der Waals surface area (Å²) in [6, 6.07) is 1.57. The van der Waals surface area contributed by atoms with Gasteiger partial charge in [0.15, 0.2) is 5.16 Å². The number of nitrogens with two attached hydrogens (primary N) is 1. The lowest BCUT2D eigenvalue weighted by Crippen LogP contribution is -2.17. The van der Waals surface area contributed by atoms with Gasteiger partial charge < -0.3 is 15.8 Å². The van der Waals surface area contributed by atoms with Crippen molar-refractivity contribution in [2.24, 2.45) is 0 Å². The molecule has 0 saturated carbocycles. The second-order valence-electron chi connectivity index (χ2n) is 2.82. The number of carbonyl (C=O) groups is 1. The Kier molecular flexibility index (Phi) is 4.84. The van der Waals surface area contributed by atoms with Gasteiger partial charge in [0.05, 0.1) is 6.61 Å². The predicted octanol–water partition coefficient (Wildman–Crippen LogP) is 0.756. The number of ether oxygens (including phenoxy) is 1. The normalized spacial score (nSPS) is 9.88. The van der Waals surface area contributed by atoms with Gasteiger partial charge >= 0.3 is 5.97 Å². The maximum Gasteiger partial charge on any atom is 0.325 e. The lowest BCUT2D eigenvalue weighted by Gasteiger charge is -2.06. The van der Waals surface area contributed by atoms with Crippen molar-refractivity contribution >= 4 is 29.4 Å². The molecule has 3 N–H and O–H groups in total. The van der Waals surface area contributed by atoms with E-state index in [4.69, 9.17) is 10.5 Å². The van der Waals surface area contributed by atoms with E-state index in [9.17, 15) is 4.79 Å². The molecule has 0 bridgehead atoms. The van der Waals surface area contributed by atoms with Crippen LogP contribution < -0.4 is 11.1 Å². The van der Waals surface area contributed by atoms with Gasteiger partial charge in [-0.05, 0) is 13.2 Å². The molecule has 0 aliphatic heterocycles. The topological polar surface area (TPSA) is 90.1 Å². The number of anilines is 2. The van der Waals surface area contributed by atoms with Crippen LogP contribution in [-0.4, -0.2) is 35.3 Å². The Morgan fingerprint density at radius 3 is 3.00 bits per heavy atom. The van der Waals surface area contributed by atoms with Crippen molar-refractivity contribution in [3.63, 3.8) is 0 Å². The van der Waals surface area contributed by atoms with Crippen LogP contribution in [0.2, 0.25) is 0 Å². The number of hydrogen-bond donors (Lipinski definition) is 2. The van der Waals surface area contributed by atoms with Gasteiger partial charge in [0.1, 0.15) is 18.2 Å². The number of nitrogen functional groups attached to an aromatic ring is 1. The average Bonchev–Trinajstić information content (AvgIpc) is 2.26. The average molecular weight is 242 g/mol. The van der Waals surface area contributed by atoms with Gasteiger partial charge in [0.25, 0.3) is 0 Å². The van der Waals surface area contributed by atoms with Gasteiger partial charge in [-0.3, -0.25) is 4.79 Å². The third-order valence-corrected chi connectivity index (χ3v) is 2.17. The molecule has 88 valence electrons. The molecule has 1 rings (SSSR count). The van der Waals surface area contributed by atoms with Crippen LogP contribution in [0.5, 0.6) is 0 Å². The second-order valence-corrected chi connectivity index (χ2v) is 3.60. The quantitative estimate of drug-likeness (QED) is 0.447. The van der Waals surface area contributed by atoms with Crippen LogP contribution in [0.4, 0.5) is 11.6 Å². The molecule has 6 nitrogen and oxygen atoms in total. The second kappa shape index (κ2) is 6.16. The van der Waals surface area contributed by atoms with Crippen LogP contribution in [0.25, 0.3) is 0 Å². The summed E-state index contributed by atoms with van der Waals surface area (Å²) in [4.78, 5) is 19.2. The largest absolute Gasteiger partial charge is 0.465 e. The highest BCUT2D eigenvalue weighted by molar-refractivity contribution is 7.98. The van der Waals surface area contributed by atoms with E-state index < -0.39 is 0 Å². The molecule has 0 aliphatic carbocycles. The minimum Gasteiger partial charge on any atom is -0.465 e. The molecule has 1 aromatic rings.